The molecule has 1 aliphatic rings. The fourth-order valence-electron chi connectivity index (χ4n) is 3.72. The summed E-state index contributed by atoms with van der Waals surface area (Å²) in [5, 5.41) is 2.03. The Bertz CT molecular complexity index is 1070. The van der Waals surface area contributed by atoms with Gasteiger partial charge in [0.2, 0.25) is 0 Å². The topological polar surface area (TPSA) is 62.7 Å². The Hall–Kier alpha value is -2.84. The number of nitrogens with zero attached hydrogens (tertiary/aromatic N) is 3. The molecule has 0 unspecified atom stereocenters. The van der Waals surface area contributed by atoms with E-state index < -0.39 is 0 Å². The monoisotopic (exact) mass is 467 g/mol. The summed E-state index contributed by atoms with van der Waals surface area (Å²) in [6, 6.07) is 15.0. The van der Waals surface area contributed by atoms with Crippen molar-refractivity contribution in [2.45, 2.75) is 17.1 Å². The number of ether oxygens (including phenoxy) is 1. The maximum absolute atomic E-state index is 13.4. The van der Waals surface area contributed by atoms with Crippen molar-refractivity contribution in [3.8, 4) is 5.75 Å². The summed E-state index contributed by atoms with van der Waals surface area (Å²) in [5.41, 5.74) is 4.10. The molecule has 0 N–H and O–H groups in total. The van der Waals surface area contributed by atoms with Crippen molar-refractivity contribution in [2.24, 2.45) is 0 Å². The lowest BCUT2D eigenvalue weighted by molar-refractivity contribution is 0.0715. The van der Waals surface area contributed by atoms with Crippen LogP contribution in [0.5, 0.6) is 5.75 Å². The normalized spacial score (nSPS) is 14.2. The minimum atomic E-state index is -0.0593. The molecule has 2 aromatic carbocycles. The van der Waals surface area contributed by atoms with Crippen LogP contribution in [0.25, 0.3) is 0 Å². The Kier molecular flexibility index (Phi) is 7.44. The zero-order chi connectivity index (χ0) is 22.3. The van der Waals surface area contributed by atoms with Crippen molar-refractivity contribution in [3.63, 3.8) is 0 Å². The van der Waals surface area contributed by atoms with Crippen LogP contribution in [0.3, 0.4) is 0 Å². The predicted octanol–water partition coefficient (Wildman–Crippen LogP) is 4.43. The van der Waals surface area contributed by atoms with Crippen LogP contribution in [0.2, 0.25) is 0 Å². The number of hydrogen-bond donors (Lipinski definition) is 0. The Balaban J connectivity index is 1.43. The van der Waals surface area contributed by atoms with Gasteiger partial charge in [-0.3, -0.25) is 9.59 Å². The molecule has 0 spiro atoms. The number of para-hydroxylation sites is 1. The second-order valence-electron chi connectivity index (χ2n) is 7.40. The van der Waals surface area contributed by atoms with Gasteiger partial charge in [-0.15, -0.1) is 23.1 Å². The SMILES string of the molecule is COc1ccccc1C(=O)N1CCCN(C(=O)c2ccccc2SCc2cscn2)CC1. The lowest BCUT2D eigenvalue weighted by Gasteiger charge is -2.23. The molecule has 1 fully saturated rings. The number of carbonyl (C=O) groups is 2. The van der Waals surface area contributed by atoms with Crippen LogP contribution in [0, 0.1) is 0 Å². The smallest absolute Gasteiger partial charge is 0.257 e. The quantitative estimate of drug-likeness (QED) is 0.502. The van der Waals surface area contributed by atoms with Crippen molar-refractivity contribution in [1.29, 1.82) is 0 Å². The van der Waals surface area contributed by atoms with Crippen LogP contribution in [0.1, 0.15) is 32.8 Å². The third-order valence-corrected chi connectivity index (χ3v) is 7.13. The molecule has 0 aliphatic carbocycles. The van der Waals surface area contributed by atoms with Gasteiger partial charge in [0.15, 0.2) is 0 Å². The van der Waals surface area contributed by atoms with Crippen LogP contribution in [0.4, 0.5) is 0 Å². The average molecular weight is 468 g/mol. The van der Waals surface area contributed by atoms with Gasteiger partial charge in [0.25, 0.3) is 11.8 Å². The summed E-state index contributed by atoms with van der Waals surface area (Å²) in [6.07, 6.45) is 0.737. The summed E-state index contributed by atoms with van der Waals surface area (Å²) >= 11 is 3.20. The highest BCUT2D eigenvalue weighted by molar-refractivity contribution is 7.98. The highest BCUT2D eigenvalue weighted by atomic mass is 32.2. The zero-order valence-electron chi connectivity index (χ0n) is 17.9. The third kappa shape index (κ3) is 5.14. The molecule has 0 bridgehead atoms. The van der Waals surface area contributed by atoms with Gasteiger partial charge >= 0.3 is 0 Å². The summed E-state index contributed by atoms with van der Waals surface area (Å²) in [4.78, 5) is 35.4. The van der Waals surface area contributed by atoms with Gasteiger partial charge in [-0.1, -0.05) is 24.3 Å². The number of benzene rings is 2. The van der Waals surface area contributed by atoms with Gasteiger partial charge in [0, 0.05) is 42.2 Å². The van der Waals surface area contributed by atoms with E-state index in [1.54, 1.807) is 42.3 Å². The van der Waals surface area contributed by atoms with Crippen molar-refractivity contribution >= 4 is 34.9 Å². The van der Waals surface area contributed by atoms with Crippen LogP contribution >= 0.6 is 23.1 Å². The standard InChI is InChI=1S/C24H25N3O3S2/c1-30-21-9-4-2-7-19(21)23(28)26-11-6-12-27(14-13-26)24(29)20-8-3-5-10-22(20)32-16-18-15-31-17-25-18/h2-5,7-10,15,17H,6,11-14,16H2,1H3. The number of carbonyl (C=O) groups excluding carboxylic acids is 2. The Morgan fingerprint density at radius 1 is 0.969 bits per heavy atom. The van der Waals surface area contributed by atoms with Crippen LogP contribution in [0.15, 0.2) is 64.3 Å². The maximum Gasteiger partial charge on any atom is 0.257 e. The molecule has 166 valence electrons. The van der Waals surface area contributed by atoms with Crippen LogP contribution < -0.4 is 4.74 Å². The summed E-state index contributed by atoms with van der Waals surface area (Å²) in [5.74, 6) is 1.25. The van der Waals surface area contributed by atoms with Crippen LogP contribution in [-0.4, -0.2) is 59.9 Å². The lowest BCUT2D eigenvalue weighted by Crippen LogP contribution is -2.37. The number of methoxy groups -OCH3 is 1. The summed E-state index contributed by atoms with van der Waals surface area (Å²) in [7, 11) is 1.57. The van der Waals surface area contributed by atoms with Gasteiger partial charge < -0.3 is 14.5 Å². The molecular formula is C24H25N3O3S2. The second kappa shape index (κ2) is 10.7. The Morgan fingerprint density at radius 3 is 2.31 bits per heavy atom. The number of hydrogen-bond acceptors (Lipinski definition) is 6. The van der Waals surface area contributed by atoms with Gasteiger partial charge in [-0.05, 0) is 30.7 Å². The fourth-order valence-corrected chi connectivity index (χ4v) is 5.33. The van der Waals surface area contributed by atoms with E-state index in [1.165, 1.54) is 0 Å². The van der Waals surface area contributed by atoms with E-state index in [0.717, 1.165) is 22.8 Å². The minimum Gasteiger partial charge on any atom is -0.496 e. The number of aromatic nitrogens is 1. The molecule has 32 heavy (non-hydrogen) atoms. The minimum absolute atomic E-state index is 0.0120. The molecule has 3 aromatic rings. The van der Waals surface area contributed by atoms with E-state index in [2.05, 4.69) is 4.98 Å². The highest BCUT2D eigenvalue weighted by Gasteiger charge is 2.26. The molecule has 6 nitrogen and oxygen atoms in total. The van der Waals surface area contributed by atoms with E-state index in [4.69, 9.17) is 4.74 Å². The van der Waals surface area contributed by atoms with Crippen LogP contribution in [-0.2, 0) is 5.75 Å². The summed E-state index contributed by atoms with van der Waals surface area (Å²) < 4.78 is 5.35. The predicted molar refractivity (Wildman–Crippen MR) is 128 cm³/mol. The highest BCUT2D eigenvalue weighted by Crippen LogP contribution is 2.28. The largest absolute Gasteiger partial charge is 0.496 e. The molecule has 0 saturated carbocycles. The molecule has 1 aliphatic heterocycles. The molecular weight excluding hydrogens is 442 g/mol. The average Bonchev–Trinajstić information content (AvgIpc) is 3.24. The lowest BCUT2D eigenvalue weighted by atomic mass is 10.1. The first-order valence-corrected chi connectivity index (χ1v) is 12.4. The molecule has 2 heterocycles. The third-order valence-electron chi connectivity index (χ3n) is 5.38. The van der Waals surface area contributed by atoms with Crippen molar-refractivity contribution in [3.05, 3.63) is 76.2 Å². The Morgan fingerprint density at radius 2 is 1.62 bits per heavy atom. The molecule has 2 amide bonds. The van der Waals surface area contributed by atoms with E-state index >= 15 is 0 Å². The Labute approximate surface area is 196 Å². The van der Waals surface area contributed by atoms with Crippen molar-refractivity contribution in [2.75, 3.05) is 33.3 Å². The molecule has 1 aromatic heterocycles. The first-order chi connectivity index (χ1) is 15.7. The number of thiazole rings is 1. The number of rotatable bonds is 6. The van der Waals surface area contributed by atoms with E-state index in [-0.39, 0.29) is 11.8 Å². The molecule has 1 saturated heterocycles. The van der Waals surface area contributed by atoms with Crippen molar-refractivity contribution in [1.82, 2.24) is 14.8 Å². The summed E-state index contributed by atoms with van der Waals surface area (Å²) in [6.45, 7) is 2.24. The van der Waals surface area contributed by atoms with Gasteiger partial charge in [0.05, 0.1) is 29.4 Å². The number of thioether (sulfide) groups is 1. The molecule has 4 rings (SSSR count). The fraction of sp³-hybridized carbons (Fsp3) is 0.292. The van der Waals surface area contributed by atoms with Crippen molar-refractivity contribution < 1.29 is 14.3 Å². The zero-order valence-corrected chi connectivity index (χ0v) is 19.5. The van der Waals surface area contributed by atoms with E-state index in [9.17, 15) is 9.59 Å². The first kappa shape index (κ1) is 22.4. The maximum atomic E-state index is 13.4. The van der Waals surface area contributed by atoms with Gasteiger partial charge in [-0.2, -0.15) is 0 Å². The molecule has 0 radical (unpaired) electrons. The molecule has 0 atom stereocenters. The van der Waals surface area contributed by atoms with E-state index in [1.807, 2.05) is 57.1 Å². The molecule has 8 heteroatoms. The van der Waals surface area contributed by atoms with Gasteiger partial charge in [0.1, 0.15) is 5.75 Å². The van der Waals surface area contributed by atoms with Gasteiger partial charge in [-0.25, -0.2) is 4.98 Å². The second-order valence-corrected chi connectivity index (χ2v) is 9.14. The van der Waals surface area contributed by atoms with E-state index in [0.29, 0.717) is 43.1 Å². The first-order valence-electron chi connectivity index (χ1n) is 10.5. The number of amides is 2.